The van der Waals surface area contributed by atoms with Gasteiger partial charge in [0.1, 0.15) is 5.69 Å². The lowest BCUT2D eigenvalue weighted by Crippen LogP contribution is -2.49. The van der Waals surface area contributed by atoms with Crippen LogP contribution in [0.5, 0.6) is 0 Å². The third kappa shape index (κ3) is 3.43. The van der Waals surface area contributed by atoms with Crippen LogP contribution in [-0.2, 0) is 0 Å². The molecule has 2 aromatic rings. The number of rotatable bonds is 4. The van der Waals surface area contributed by atoms with E-state index in [2.05, 4.69) is 9.88 Å². The monoisotopic (exact) mass is 315 g/mol. The molecule has 0 bridgehead atoms. The summed E-state index contributed by atoms with van der Waals surface area (Å²) in [5, 5.41) is 8.97. The van der Waals surface area contributed by atoms with Crippen molar-refractivity contribution in [2.45, 2.75) is 6.92 Å². The molecule has 1 aliphatic heterocycles. The number of furan rings is 1. The summed E-state index contributed by atoms with van der Waals surface area (Å²) in [6, 6.07) is 7.31. The highest BCUT2D eigenvalue weighted by molar-refractivity contribution is 5.95. The number of carbonyl (C=O) groups is 1. The summed E-state index contributed by atoms with van der Waals surface area (Å²) in [5.41, 5.74) is 2.08. The molecule has 0 radical (unpaired) electrons. The summed E-state index contributed by atoms with van der Waals surface area (Å²) in [7, 11) is 0. The first-order chi connectivity index (χ1) is 11.2. The summed E-state index contributed by atoms with van der Waals surface area (Å²) in [6.07, 6.45) is 1.61. The molecule has 6 heteroatoms. The number of piperazine rings is 1. The average Bonchev–Trinajstić information content (AvgIpc) is 3.10. The van der Waals surface area contributed by atoms with E-state index < -0.39 is 0 Å². The number of aliphatic hydroxyl groups excluding tert-OH is 1. The van der Waals surface area contributed by atoms with Gasteiger partial charge in [-0.2, -0.15) is 0 Å². The molecule has 0 aliphatic carbocycles. The number of aromatic nitrogens is 1. The zero-order valence-electron chi connectivity index (χ0n) is 13.2. The van der Waals surface area contributed by atoms with E-state index in [4.69, 9.17) is 9.52 Å². The van der Waals surface area contributed by atoms with Gasteiger partial charge >= 0.3 is 0 Å². The number of pyridine rings is 1. The summed E-state index contributed by atoms with van der Waals surface area (Å²) < 4.78 is 5.34. The second kappa shape index (κ2) is 6.93. The number of carbonyl (C=O) groups excluding carboxylic acids is 1. The number of amides is 1. The van der Waals surface area contributed by atoms with Gasteiger partial charge in [0.15, 0.2) is 5.76 Å². The summed E-state index contributed by atoms with van der Waals surface area (Å²) in [6.45, 7) is 5.62. The van der Waals surface area contributed by atoms with E-state index in [9.17, 15) is 4.79 Å². The second-order valence-corrected chi connectivity index (χ2v) is 5.66. The molecule has 3 heterocycles. The molecule has 1 aliphatic rings. The Morgan fingerprint density at radius 1 is 1.26 bits per heavy atom. The highest BCUT2D eigenvalue weighted by Gasteiger charge is 2.23. The van der Waals surface area contributed by atoms with Crippen molar-refractivity contribution in [3.8, 4) is 11.5 Å². The van der Waals surface area contributed by atoms with Gasteiger partial charge in [0.25, 0.3) is 5.91 Å². The minimum atomic E-state index is 0.0182. The maximum Gasteiger partial charge on any atom is 0.255 e. The lowest BCUT2D eigenvalue weighted by atomic mass is 10.1. The fraction of sp³-hybridized carbons (Fsp3) is 0.412. The van der Waals surface area contributed by atoms with Gasteiger partial charge in [0, 0.05) is 32.7 Å². The van der Waals surface area contributed by atoms with Crippen molar-refractivity contribution >= 4 is 5.91 Å². The smallest absolute Gasteiger partial charge is 0.255 e. The van der Waals surface area contributed by atoms with E-state index in [1.165, 1.54) is 0 Å². The topological polar surface area (TPSA) is 69.8 Å². The predicted octanol–water partition coefficient (Wildman–Crippen LogP) is 1.40. The van der Waals surface area contributed by atoms with Crippen LogP contribution in [-0.4, -0.2) is 65.1 Å². The van der Waals surface area contributed by atoms with Gasteiger partial charge in [-0.25, -0.2) is 4.98 Å². The number of β-amino-alcohol motifs (C(OH)–C–C–N with tert-alkyl or cyclic N) is 1. The van der Waals surface area contributed by atoms with Crippen molar-refractivity contribution in [1.82, 2.24) is 14.8 Å². The first-order valence-electron chi connectivity index (χ1n) is 7.83. The molecule has 2 aromatic heterocycles. The average molecular weight is 315 g/mol. The Hall–Kier alpha value is -2.18. The van der Waals surface area contributed by atoms with E-state index in [0.29, 0.717) is 36.7 Å². The van der Waals surface area contributed by atoms with Crippen LogP contribution in [0.25, 0.3) is 11.5 Å². The van der Waals surface area contributed by atoms with Crippen molar-refractivity contribution in [3.05, 3.63) is 41.8 Å². The molecule has 0 aromatic carbocycles. The number of hydrogen-bond donors (Lipinski definition) is 1. The van der Waals surface area contributed by atoms with Crippen molar-refractivity contribution < 1.29 is 14.3 Å². The molecule has 1 fully saturated rings. The van der Waals surface area contributed by atoms with E-state index in [1.54, 1.807) is 6.26 Å². The Labute approximate surface area is 135 Å². The Kier molecular flexibility index (Phi) is 4.73. The molecule has 0 spiro atoms. The Morgan fingerprint density at radius 3 is 2.65 bits per heavy atom. The molecular formula is C17H21N3O3. The van der Waals surface area contributed by atoms with Crippen LogP contribution in [0.3, 0.4) is 0 Å². The quantitative estimate of drug-likeness (QED) is 0.923. The van der Waals surface area contributed by atoms with E-state index in [-0.39, 0.29) is 12.5 Å². The SMILES string of the molecule is Cc1nc(-c2ccco2)ccc1C(=O)N1CCN(CCO)CC1. The van der Waals surface area contributed by atoms with Gasteiger partial charge in [0.2, 0.25) is 0 Å². The van der Waals surface area contributed by atoms with Crippen LogP contribution < -0.4 is 0 Å². The maximum atomic E-state index is 12.7. The fourth-order valence-corrected chi connectivity index (χ4v) is 2.83. The first-order valence-corrected chi connectivity index (χ1v) is 7.83. The van der Waals surface area contributed by atoms with Crippen molar-refractivity contribution in [2.24, 2.45) is 0 Å². The third-order valence-electron chi connectivity index (χ3n) is 4.17. The highest BCUT2D eigenvalue weighted by atomic mass is 16.3. The number of nitrogens with zero attached hydrogens (tertiary/aromatic N) is 3. The molecule has 0 atom stereocenters. The van der Waals surface area contributed by atoms with Crippen LogP contribution in [0.2, 0.25) is 0 Å². The van der Waals surface area contributed by atoms with Crippen molar-refractivity contribution in [1.29, 1.82) is 0 Å². The van der Waals surface area contributed by atoms with Crippen LogP contribution in [0, 0.1) is 6.92 Å². The molecule has 1 saturated heterocycles. The third-order valence-corrected chi connectivity index (χ3v) is 4.17. The molecule has 122 valence electrons. The van der Waals surface area contributed by atoms with Gasteiger partial charge in [-0.05, 0) is 31.2 Å². The van der Waals surface area contributed by atoms with Crippen LogP contribution >= 0.6 is 0 Å². The van der Waals surface area contributed by atoms with Crippen molar-refractivity contribution in [3.63, 3.8) is 0 Å². The fourth-order valence-electron chi connectivity index (χ4n) is 2.83. The number of aliphatic hydroxyl groups is 1. The maximum absolute atomic E-state index is 12.7. The summed E-state index contributed by atoms with van der Waals surface area (Å²) in [5.74, 6) is 0.717. The number of hydrogen-bond acceptors (Lipinski definition) is 5. The highest BCUT2D eigenvalue weighted by Crippen LogP contribution is 2.20. The summed E-state index contributed by atoms with van der Waals surface area (Å²) >= 11 is 0. The molecular weight excluding hydrogens is 294 g/mol. The van der Waals surface area contributed by atoms with E-state index in [0.717, 1.165) is 18.8 Å². The minimum Gasteiger partial charge on any atom is -0.463 e. The van der Waals surface area contributed by atoms with Gasteiger partial charge in [0.05, 0.1) is 24.1 Å². The van der Waals surface area contributed by atoms with Crippen LogP contribution in [0.1, 0.15) is 16.1 Å². The Morgan fingerprint density at radius 2 is 2.04 bits per heavy atom. The molecule has 1 amide bonds. The Balaban J connectivity index is 1.71. The molecule has 23 heavy (non-hydrogen) atoms. The molecule has 0 saturated carbocycles. The summed E-state index contributed by atoms with van der Waals surface area (Å²) in [4.78, 5) is 21.2. The largest absolute Gasteiger partial charge is 0.463 e. The zero-order chi connectivity index (χ0) is 16.2. The molecule has 0 unspecified atom stereocenters. The van der Waals surface area contributed by atoms with Crippen molar-refractivity contribution in [2.75, 3.05) is 39.3 Å². The van der Waals surface area contributed by atoms with E-state index >= 15 is 0 Å². The van der Waals surface area contributed by atoms with Gasteiger partial charge in [-0.3, -0.25) is 9.69 Å². The van der Waals surface area contributed by atoms with Crippen LogP contribution in [0.15, 0.2) is 34.9 Å². The van der Waals surface area contributed by atoms with Gasteiger partial charge in [-0.1, -0.05) is 0 Å². The van der Waals surface area contributed by atoms with Gasteiger partial charge < -0.3 is 14.4 Å². The van der Waals surface area contributed by atoms with Gasteiger partial charge in [-0.15, -0.1) is 0 Å². The predicted molar refractivity (Wildman–Crippen MR) is 86.1 cm³/mol. The first kappa shape index (κ1) is 15.7. The molecule has 3 rings (SSSR count). The standard InChI is InChI=1S/C17H21N3O3/c1-13-14(4-5-15(18-13)16-3-2-12-23-16)17(22)20-8-6-19(7-9-20)10-11-21/h2-5,12,21H,6-11H2,1H3. The Bertz CT molecular complexity index is 662. The van der Waals surface area contributed by atoms with E-state index in [1.807, 2.05) is 36.1 Å². The molecule has 1 N–H and O–H groups in total. The minimum absolute atomic E-state index is 0.0182. The zero-order valence-corrected chi connectivity index (χ0v) is 13.2. The molecule has 6 nitrogen and oxygen atoms in total. The number of aryl methyl sites for hydroxylation is 1. The second-order valence-electron chi connectivity index (χ2n) is 5.66. The lowest BCUT2D eigenvalue weighted by molar-refractivity contribution is 0.0614. The van der Waals surface area contributed by atoms with Crippen LogP contribution in [0.4, 0.5) is 0 Å². The normalized spacial score (nSPS) is 15.8. The lowest BCUT2D eigenvalue weighted by Gasteiger charge is -2.34.